The van der Waals surface area contributed by atoms with Crippen LogP contribution in [0.5, 0.6) is 0 Å². The molecule has 0 aromatic carbocycles. The summed E-state index contributed by atoms with van der Waals surface area (Å²) in [5, 5.41) is 0. The summed E-state index contributed by atoms with van der Waals surface area (Å²) in [6, 6.07) is -0.205. The van der Waals surface area contributed by atoms with Crippen molar-refractivity contribution in [2.75, 3.05) is 13.7 Å². The molecule has 1 fully saturated rings. The van der Waals surface area contributed by atoms with Crippen molar-refractivity contribution >= 4 is 12.1 Å². The molecule has 0 aromatic heterocycles. The van der Waals surface area contributed by atoms with Crippen LogP contribution >= 0.6 is 0 Å². The second-order valence-electron chi connectivity index (χ2n) is 6.92. The van der Waals surface area contributed by atoms with Crippen molar-refractivity contribution in [3.8, 4) is 0 Å². The number of methoxy groups -OCH3 is 1. The van der Waals surface area contributed by atoms with Crippen LogP contribution in [-0.2, 0) is 19.0 Å². The minimum absolute atomic E-state index is 0.205. The van der Waals surface area contributed by atoms with Crippen molar-refractivity contribution in [1.82, 2.24) is 4.90 Å². The second kappa shape index (κ2) is 6.22. The number of nitrogens with zero attached hydrogens (tertiary/aromatic N) is 1. The van der Waals surface area contributed by atoms with Crippen molar-refractivity contribution in [1.29, 1.82) is 0 Å². The largest absolute Gasteiger partial charge is 0.469 e. The summed E-state index contributed by atoms with van der Waals surface area (Å²) >= 11 is 0. The molecule has 6 nitrogen and oxygen atoms in total. The average Bonchev–Trinajstić information content (AvgIpc) is 2.61. The summed E-state index contributed by atoms with van der Waals surface area (Å²) in [4.78, 5) is 25.6. The van der Waals surface area contributed by atoms with E-state index in [1.54, 1.807) is 11.8 Å². The van der Waals surface area contributed by atoms with E-state index < -0.39 is 17.4 Å². The number of hydrogen-bond acceptors (Lipinski definition) is 5. The Morgan fingerprint density at radius 1 is 1.38 bits per heavy atom. The number of carbonyl (C=O) groups is 2. The Labute approximate surface area is 126 Å². The number of ether oxygens (including phenoxy) is 3. The number of hydrogen-bond donors (Lipinski definition) is 0. The van der Waals surface area contributed by atoms with Crippen LogP contribution in [0.15, 0.2) is 0 Å². The van der Waals surface area contributed by atoms with Crippen LogP contribution in [0.4, 0.5) is 4.79 Å². The van der Waals surface area contributed by atoms with E-state index in [4.69, 9.17) is 14.2 Å². The van der Waals surface area contributed by atoms with E-state index in [2.05, 4.69) is 0 Å². The van der Waals surface area contributed by atoms with Gasteiger partial charge in [-0.3, -0.25) is 9.69 Å². The number of esters is 1. The molecule has 0 unspecified atom stereocenters. The summed E-state index contributed by atoms with van der Waals surface area (Å²) in [5.41, 5.74) is -1.32. The first kappa shape index (κ1) is 17.8. The van der Waals surface area contributed by atoms with Crippen LogP contribution < -0.4 is 0 Å². The monoisotopic (exact) mass is 301 g/mol. The van der Waals surface area contributed by atoms with E-state index in [1.807, 2.05) is 34.6 Å². The van der Waals surface area contributed by atoms with Crippen molar-refractivity contribution in [3.05, 3.63) is 0 Å². The molecule has 0 saturated carbocycles. The molecule has 1 heterocycles. The summed E-state index contributed by atoms with van der Waals surface area (Å²) in [7, 11) is 1.36. The molecule has 0 aromatic rings. The quantitative estimate of drug-likeness (QED) is 0.750. The van der Waals surface area contributed by atoms with Gasteiger partial charge in [-0.25, -0.2) is 4.79 Å². The lowest BCUT2D eigenvalue weighted by Crippen LogP contribution is -2.50. The van der Waals surface area contributed by atoms with E-state index in [0.29, 0.717) is 13.0 Å². The van der Waals surface area contributed by atoms with Crippen molar-refractivity contribution in [2.45, 2.75) is 65.3 Å². The average molecular weight is 301 g/mol. The Hall–Kier alpha value is -1.30. The van der Waals surface area contributed by atoms with Gasteiger partial charge >= 0.3 is 12.1 Å². The van der Waals surface area contributed by atoms with Crippen LogP contribution in [0.3, 0.4) is 0 Å². The van der Waals surface area contributed by atoms with E-state index in [1.165, 1.54) is 7.11 Å². The fourth-order valence-electron chi connectivity index (χ4n) is 2.44. The Bertz CT molecular complexity index is 399. The fourth-order valence-corrected chi connectivity index (χ4v) is 2.44. The number of carbonyl (C=O) groups excluding carboxylic acids is 2. The number of amides is 1. The van der Waals surface area contributed by atoms with Crippen molar-refractivity contribution < 1.29 is 23.8 Å². The van der Waals surface area contributed by atoms with Gasteiger partial charge < -0.3 is 14.2 Å². The first-order valence-electron chi connectivity index (χ1n) is 7.22. The van der Waals surface area contributed by atoms with Gasteiger partial charge in [0, 0.05) is 0 Å². The maximum absolute atomic E-state index is 12.4. The third-order valence-electron chi connectivity index (χ3n) is 3.39. The molecule has 21 heavy (non-hydrogen) atoms. The van der Waals surface area contributed by atoms with Gasteiger partial charge in [0.05, 0.1) is 25.7 Å². The van der Waals surface area contributed by atoms with Gasteiger partial charge in [0.2, 0.25) is 0 Å². The summed E-state index contributed by atoms with van der Waals surface area (Å²) in [6.45, 7) is 11.3. The van der Waals surface area contributed by atoms with Crippen LogP contribution in [0, 0.1) is 5.92 Å². The van der Waals surface area contributed by atoms with Crippen molar-refractivity contribution in [3.63, 3.8) is 0 Å². The maximum atomic E-state index is 12.4. The lowest BCUT2D eigenvalue weighted by Gasteiger charge is -2.35. The highest BCUT2D eigenvalue weighted by molar-refractivity contribution is 5.72. The minimum Gasteiger partial charge on any atom is -0.469 e. The third kappa shape index (κ3) is 4.59. The van der Waals surface area contributed by atoms with Gasteiger partial charge in [-0.15, -0.1) is 0 Å². The minimum atomic E-state index is -0.747. The molecule has 0 N–H and O–H groups in total. The fraction of sp³-hybridized carbons (Fsp3) is 0.867. The van der Waals surface area contributed by atoms with E-state index in [0.717, 1.165) is 0 Å². The molecule has 1 aliphatic rings. The Balaban J connectivity index is 2.84. The highest BCUT2D eigenvalue weighted by Crippen LogP contribution is 2.32. The van der Waals surface area contributed by atoms with Crippen LogP contribution in [-0.4, -0.2) is 48.0 Å². The van der Waals surface area contributed by atoms with Gasteiger partial charge in [-0.1, -0.05) is 6.92 Å². The summed E-state index contributed by atoms with van der Waals surface area (Å²) in [6.07, 6.45) is 0.0575. The zero-order valence-corrected chi connectivity index (χ0v) is 14.1. The molecule has 0 radical (unpaired) electrons. The van der Waals surface area contributed by atoms with E-state index in [-0.39, 0.29) is 17.9 Å². The smallest absolute Gasteiger partial charge is 0.412 e. The lowest BCUT2D eigenvalue weighted by molar-refractivity contribution is -0.145. The maximum Gasteiger partial charge on any atom is 0.412 e. The molecule has 0 spiro atoms. The normalized spacial score (nSPS) is 22.8. The van der Waals surface area contributed by atoms with Crippen LogP contribution in [0.25, 0.3) is 0 Å². The molecule has 1 rings (SSSR count). The van der Waals surface area contributed by atoms with E-state index >= 15 is 0 Å². The highest BCUT2D eigenvalue weighted by atomic mass is 16.6. The molecule has 1 amide bonds. The van der Waals surface area contributed by atoms with E-state index in [9.17, 15) is 9.59 Å². The topological polar surface area (TPSA) is 65.1 Å². The Kier molecular flexibility index (Phi) is 5.25. The molecule has 1 saturated heterocycles. The standard InChI is InChI=1S/C15H27NO5/c1-10(12(17)19-7)8-11-9-20-15(5,6)16(11)13(18)21-14(2,3)4/h10-11H,8-9H2,1-7H3/t10-,11+/m0/s1. The molecular formula is C15H27NO5. The zero-order valence-electron chi connectivity index (χ0n) is 14.1. The second-order valence-corrected chi connectivity index (χ2v) is 6.92. The highest BCUT2D eigenvalue weighted by Gasteiger charge is 2.46. The van der Waals surface area contributed by atoms with Gasteiger partial charge in [-0.2, -0.15) is 0 Å². The first-order chi connectivity index (χ1) is 9.48. The van der Waals surface area contributed by atoms with Crippen LogP contribution in [0.1, 0.15) is 48.0 Å². The van der Waals surface area contributed by atoms with Gasteiger partial charge in [0.1, 0.15) is 11.3 Å². The molecule has 6 heteroatoms. The Morgan fingerprint density at radius 2 is 1.95 bits per heavy atom. The van der Waals surface area contributed by atoms with Crippen LogP contribution in [0.2, 0.25) is 0 Å². The van der Waals surface area contributed by atoms with Gasteiger partial charge in [0.25, 0.3) is 0 Å². The number of rotatable bonds is 3. The predicted molar refractivity (Wildman–Crippen MR) is 77.7 cm³/mol. The summed E-state index contributed by atoms with van der Waals surface area (Å²) in [5.74, 6) is -0.591. The molecule has 1 aliphatic heterocycles. The molecule has 0 bridgehead atoms. The predicted octanol–water partition coefficient (Wildman–Crippen LogP) is 2.56. The zero-order chi connectivity index (χ0) is 16.4. The molecule has 2 atom stereocenters. The molecule has 122 valence electrons. The Morgan fingerprint density at radius 3 is 2.43 bits per heavy atom. The summed E-state index contributed by atoms with van der Waals surface area (Å²) < 4.78 is 15.9. The van der Waals surface area contributed by atoms with Gasteiger partial charge in [0.15, 0.2) is 0 Å². The lowest BCUT2D eigenvalue weighted by atomic mass is 10.0. The SMILES string of the molecule is COC(=O)[C@@H](C)C[C@@H]1COC(C)(C)N1C(=O)OC(C)(C)C. The first-order valence-corrected chi connectivity index (χ1v) is 7.22. The third-order valence-corrected chi connectivity index (χ3v) is 3.39. The van der Waals surface area contributed by atoms with Crippen molar-refractivity contribution in [2.24, 2.45) is 5.92 Å². The molecule has 0 aliphatic carbocycles. The molecular weight excluding hydrogens is 274 g/mol. The van der Waals surface area contributed by atoms with Gasteiger partial charge in [-0.05, 0) is 41.0 Å².